The van der Waals surface area contributed by atoms with E-state index in [4.69, 9.17) is 0 Å². The second kappa shape index (κ2) is 3.69. The zero-order valence-electron chi connectivity index (χ0n) is 7.95. The Morgan fingerprint density at radius 1 is 1.31 bits per heavy atom. The maximum absolute atomic E-state index is 4.54. The average Bonchev–Trinajstić information content (AvgIpc) is 2.20. The van der Waals surface area contributed by atoms with Gasteiger partial charge in [-0.1, -0.05) is 0 Å². The largest absolute Gasteiger partial charge is 0.289 e. The molecule has 2 heteroatoms. The van der Waals surface area contributed by atoms with Crippen LogP contribution in [0.1, 0.15) is 30.4 Å². The molecule has 0 unspecified atom stereocenters. The average molecular weight is 174 g/mol. The van der Waals surface area contributed by atoms with Crippen molar-refractivity contribution >= 4 is 5.71 Å². The van der Waals surface area contributed by atoms with Gasteiger partial charge in [0.2, 0.25) is 0 Å². The van der Waals surface area contributed by atoms with Crippen LogP contribution in [0, 0.1) is 6.92 Å². The van der Waals surface area contributed by atoms with Crippen molar-refractivity contribution in [2.75, 3.05) is 6.54 Å². The van der Waals surface area contributed by atoms with Crippen molar-refractivity contribution in [1.82, 2.24) is 4.98 Å². The quantitative estimate of drug-likeness (QED) is 0.641. The number of aliphatic imine (C=N–C) groups is 1. The smallest absolute Gasteiger partial charge is 0.0438 e. The van der Waals surface area contributed by atoms with E-state index in [1.54, 1.807) is 0 Å². The third kappa shape index (κ3) is 1.77. The molecule has 0 fully saturated rings. The van der Waals surface area contributed by atoms with Gasteiger partial charge in [0, 0.05) is 30.2 Å². The summed E-state index contributed by atoms with van der Waals surface area (Å²) >= 11 is 0. The fourth-order valence-electron chi connectivity index (χ4n) is 1.68. The standard InChI is InChI=1S/C11H14N2/c1-9-5-7-12-8-10(9)11-4-2-3-6-13-11/h5,7-8H,2-4,6H2,1H3. The van der Waals surface area contributed by atoms with Crippen molar-refractivity contribution in [3.63, 3.8) is 0 Å². The van der Waals surface area contributed by atoms with Gasteiger partial charge in [0.1, 0.15) is 0 Å². The van der Waals surface area contributed by atoms with Crippen LogP contribution in [-0.4, -0.2) is 17.2 Å². The number of aryl methyl sites for hydroxylation is 1. The fraction of sp³-hybridized carbons (Fsp3) is 0.455. The van der Waals surface area contributed by atoms with Gasteiger partial charge in [-0.3, -0.25) is 9.98 Å². The molecular weight excluding hydrogens is 160 g/mol. The van der Waals surface area contributed by atoms with Crippen LogP contribution in [0.5, 0.6) is 0 Å². The highest BCUT2D eigenvalue weighted by Crippen LogP contribution is 2.15. The summed E-state index contributed by atoms with van der Waals surface area (Å²) in [6.45, 7) is 3.11. The SMILES string of the molecule is Cc1ccncc1C1=NCCCC1. The maximum Gasteiger partial charge on any atom is 0.0438 e. The number of pyridine rings is 1. The van der Waals surface area contributed by atoms with Gasteiger partial charge in [-0.15, -0.1) is 0 Å². The van der Waals surface area contributed by atoms with Crippen molar-refractivity contribution < 1.29 is 0 Å². The molecule has 2 rings (SSSR count). The van der Waals surface area contributed by atoms with E-state index >= 15 is 0 Å². The molecule has 0 amide bonds. The molecule has 1 aliphatic rings. The van der Waals surface area contributed by atoms with Gasteiger partial charge in [0.25, 0.3) is 0 Å². The highest BCUT2D eigenvalue weighted by molar-refractivity contribution is 6.01. The van der Waals surface area contributed by atoms with Gasteiger partial charge < -0.3 is 0 Å². The molecule has 0 saturated carbocycles. The Bertz CT molecular complexity index is 329. The molecular formula is C11H14N2. The lowest BCUT2D eigenvalue weighted by molar-refractivity contribution is 0.738. The summed E-state index contributed by atoms with van der Waals surface area (Å²) in [6.07, 6.45) is 7.39. The van der Waals surface area contributed by atoms with Crippen LogP contribution >= 0.6 is 0 Å². The monoisotopic (exact) mass is 174 g/mol. The summed E-state index contributed by atoms with van der Waals surface area (Å²) in [4.78, 5) is 8.68. The minimum Gasteiger partial charge on any atom is -0.289 e. The molecule has 1 aromatic rings. The van der Waals surface area contributed by atoms with Crippen molar-refractivity contribution in [1.29, 1.82) is 0 Å². The Kier molecular flexibility index (Phi) is 2.39. The van der Waals surface area contributed by atoms with E-state index in [-0.39, 0.29) is 0 Å². The minimum absolute atomic E-state index is 0.990. The third-order valence-corrected chi connectivity index (χ3v) is 2.47. The molecule has 0 bridgehead atoms. The first-order valence-electron chi connectivity index (χ1n) is 4.82. The summed E-state index contributed by atoms with van der Waals surface area (Å²) < 4.78 is 0. The molecule has 0 aliphatic carbocycles. The number of hydrogen-bond acceptors (Lipinski definition) is 2. The minimum atomic E-state index is 0.990. The lowest BCUT2D eigenvalue weighted by Gasteiger charge is -2.13. The predicted molar refractivity (Wildman–Crippen MR) is 54.2 cm³/mol. The fourth-order valence-corrected chi connectivity index (χ4v) is 1.68. The van der Waals surface area contributed by atoms with E-state index < -0.39 is 0 Å². The second-order valence-electron chi connectivity index (χ2n) is 3.48. The zero-order valence-corrected chi connectivity index (χ0v) is 7.95. The summed E-state index contributed by atoms with van der Waals surface area (Å²) in [5.74, 6) is 0. The van der Waals surface area contributed by atoms with E-state index in [1.165, 1.54) is 29.7 Å². The Balaban J connectivity index is 2.34. The number of hydrogen-bond donors (Lipinski definition) is 0. The van der Waals surface area contributed by atoms with E-state index in [2.05, 4.69) is 16.9 Å². The number of rotatable bonds is 1. The first-order chi connectivity index (χ1) is 6.38. The Hall–Kier alpha value is -1.18. The molecule has 0 atom stereocenters. The normalized spacial score (nSPS) is 16.8. The van der Waals surface area contributed by atoms with Crippen LogP contribution in [0.25, 0.3) is 0 Å². The third-order valence-electron chi connectivity index (χ3n) is 2.47. The van der Waals surface area contributed by atoms with Crippen molar-refractivity contribution in [3.8, 4) is 0 Å². The molecule has 2 nitrogen and oxygen atoms in total. The molecule has 68 valence electrons. The molecule has 1 aromatic heterocycles. The van der Waals surface area contributed by atoms with Crippen LogP contribution in [0.4, 0.5) is 0 Å². The Morgan fingerprint density at radius 2 is 2.23 bits per heavy atom. The van der Waals surface area contributed by atoms with Gasteiger partial charge >= 0.3 is 0 Å². The van der Waals surface area contributed by atoms with Crippen molar-refractivity contribution in [2.45, 2.75) is 26.2 Å². The first kappa shape index (κ1) is 8.42. The van der Waals surface area contributed by atoms with Crippen molar-refractivity contribution in [2.24, 2.45) is 4.99 Å². The summed E-state index contributed by atoms with van der Waals surface area (Å²) in [6, 6.07) is 2.05. The lowest BCUT2D eigenvalue weighted by atomic mass is 10.00. The molecule has 0 saturated heterocycles. The Labute approximate surface area is 78.7 Å². The van der Waals surface area contributed by atoms with Crippen LogP contribution < -0.4 is 0 Å². The summed E-state index contributed by atoms with van der Waals surface area (Å²) in [5, 5.41) is 0. The van der Waals surface area contributed by atoms with Crippen LogP contribution in [0.3, 0.4) is 0 Å². The van der Waals surface area contributed by atoms with Crippen LogP contribution in [0.2, 0.25) is 0 Å². The lowest BCUT2D eigenvalue weighted by Crippen LogP contribution is -2.09. The van der Waals surface area contributed by atoms with E-state index in [1.807, 2.05) is 18.5 Å². The molecule has 0 aromatic carbocycles. The zero-order chi connectivity index (χ0) is 9.10. The number of nitrogens with zero attached hydrogens (tertiary/aromatic N) is 2. The molecule has 0 N–H and O–H groups in total. The Morgan fingerprint density at radius 3 is 2.92 bits per heavy atom. The van der Waals surface area contributed by atoms with Gasteiger partial charge in [-0.05, 0) is 37.8 Å². The summed E-state index contributed by atoms with van der Waals surface area (Å²) in [7, 11) is 0. The highest BCUT2D eigenvalue weighted by Gasteiger charge is 2.09. The summed E-state index contributed by atoms with van der Waals surface area (Å²) in [5.41, 5.74) is 3.77. The van der Waals surface area contributed by atoms with Crippen LogP contribution in [-0.2, 0) is 0 Å². The second-order valence-corrected chi connectivity index (χ2v) is 3.48. The van der Waals surface area contributed by atoms with E-state index in [0.29, 0.717) is 0 Å². The maximum atomic E-state index is 4.54. The van der Waals surface area contributed by atoms with Crippen LogP contribution in [0.15, 0.2) is 23.5 Å². The van der Waals surface area contributed by atoms with E-state index in [0.717, 1.165) is 13.0 Å². The molecule has 2 heterocycles. The molecule has 1 aliphatic heterocycles. The van der Waals surface area contributed by atoms with Gasteiger partial charge in [0.05, 0.1) is 0 Å². The molecule has 0 spiro atoms. The first-order valence-corrected chi connectivity index (χ1v) is 4.82. The van der Waals surface area contributed by atoms with Gasteiger partial charge in [0.15, 0.2) is 0 Å². The topological polar surface area (TPSA) is 25.2 Å². The highest BCUT2D eigenvalue weighted by atomic mass is 14.8. The van der Waals surface area contributed by atoms with Gasteiger partial charge in [-0.25, -0.2) is 0 Å². The van der Waals surface area contributed by atoms with Gasteiger partial charge in [-0.2, -0.15) is 0 Å². The van der Waals surface area contributed by atoms with E-state index in [9.17, 15) is 0 Å². The van der Waals surface area contributed by atoms with Crippen molar-refractivity contribution in [3.05, 3.63) is 29.6 Å². The molecule has 0 radical (unpaired) electrons. The molecule has 13 heavy (non-hydrogen) atoms. The number of aromatic nitrogens is 1. The predicted octanol–water partition coefficient (Wildman–Crippen LogP) is 2.36.